The van der Waals surface area contributed by atoms with E-state index in [9.17, 15) is 0 Å². The molecule has 5 heteroatoms. The van der Waals surface area contributed by atoms with Crippen molar-refractivity contribution in [1.82, 2.24) is 0 Å². The van der Waals surface area contributed by atoms with E-state index in [4.69, 9.17) is 21.0 Å². The maximum atomic E-state index is 8.92. The molecule has 4 nitrogen and oxygen atoms in total. The molecule has 1 aromatic rings. The molecule has 0 bridgehead atoms. The monoisotopic (exact) mass is 272 g/mol. The molecule has 0 amide bonds. The number of methoxy groups -OCH3 is 1. The van der Waals surface area contributed by atoms with Gasteiger partial charge in [0.2, 0.25) is 0 Å². The average Bonchev–Trinajstić information content (AvgIpc) is 2.25. The number of aliphatic hydroxyl groups is 1. The number of aliphatic hydroxyl groups excluding tert-OH is 1. The van der Waals surface area contributed by atoms with E-state index in [2.05, 4.69) is 15.9 Å². The van der Waals surface area contributed by atoms with Gasteiger partial charge in [0.05, 0.1) is 11.6 Å². The molecule has 0 aliphatic carbocycles. The van der Waals surface area contributed by atoms with Crippen LogP contribution in [0.4, 0.5) is 5.69 Å². The van der Waals surface area contributed by atoms with Crippen LogP contribution in [-0.2, 0) is 6.42 Å². The van der Waals surface area contributed by atoms with E-state index >= 15 is 0 Å². The van der Waals surface area contributed by atoms with Gasteiger partial charge in [0.1, 0.15) is 5.75 Å². The van der Waals surface area contributed by atoms with Gasteiger partial charge in [-0.25, -0.2) is 0 Å². The zero-order chi connectivity index (χ0) is 11.4. The highest BCUT2D eigenvalue weighted by atomic mass is 79.9. The normalized spacial score (nSPS) is 10.1. The highest BCUT2D eigenvalue weighted by Gasteiger charge is 2.13. The lowest BCUT2D eigenvalue weighted by atomic mass is 10.0. The molecule has 4 N–H and O–H groups in total. The van der Waals surface area contributed by atoms with E-state index in [1.165, 1.54) is 6.21 Å². The molecule has 0 unspecified atom stereocenters. The highest BCUT2D eigenvalue weighted by Crippen LogP contribution is 2.34. The van der Waals surface area contributed by atoms with Crippen LogP contribution in [0.25, 0.3) is 0 Å². The number of nitrogen functional groups attached to an aromatic ring is 1. The molecule has 0 fully saturated rings. The van der Waals surface area contributed by atoms with Gasteiger partial charge in [0, 0.05) is 24.1 Å². The van der Waals surface area contributed by atoms with E-state index in [1.807, 2.05) is 0 Å². The van der Waals surface area contributed by atoms with Crippen molar-refractivity contribution in [3.05, 3.63) is 21.7 Å². The van der Waals surface area contributed by atoms with Crippen LogP contribution in [0, 0.1) is 5.41 Å². The zero-order valence-corrected chi connectivity index (χ0v) is 9.97. The second-order valence-electron chi connectivity index (χ2n) is 2.99. The average molecular weight is 273 g/mol. The fourth-order valence-electron chi connectivity index (χ4n) is 1.35. The number of anilines is 1. The first kappa shape index (κ1) is 12.0. The number of hydrogen-bond acceptors (Lipinski definition) is 4. The zero-order valence-electron chi connectivity index (χ0n) is 8.38. The Labute approximate surface area is 96.7 Å². The summed E-state index contributed by atoms with van der Waals surface area (Å²) >= 11 is 3.37. The van der Waals surface area contributed by atoms with Crippen molar-refractivity contribution in [3.8, 4) is 5.75 Å². The van der Waals surface area contributed by atoms with Crippen molar-refractivity contribution < 1.29 is 9.84 Å². The van der Waals surface area contributed by atoms with E-state index in [0.717, 1.165) is 10.0 Å². The van der Waals surface area contributed by atoms with Crippen LogP contribution in [0.2, 0.25) is 0 Å². The van der Waals surface area contributed by atoms with Gasteiger partial charge in [-0.15, -0.1) is 0 Å². The second-order valence-corrected chi connectivity index (χ2v) is 3.79. The summed E-state index contributed by atoms with van der Waals surface area (Å²) in [5.74, 6) is 0.617. The summed E-state index contributed by atoms with van der Waals surface area (Å²) in [6.07, 6.45) is 1.61. The summed E-state index contributed by atoms with van der Waals surface area (Å²) in [6.45, 7) is 0.00735. The third-order valence-electron chi connectivity index (χ3n) is 2.14. The largest absolute Gasteiger partial charge is 0.496 e. The molecule has 1 rings (SSSR count). The topological polar surface area (TPSA) is 79.3 Å². The Morgan fingerprint density at radius 3 is 2.80 bits per heavy atom. The Bertz CT molecular complexity index is 380. The SMILES string of the molecule is COc1cc(C=N)c(N)c(CCO)c1Br. The molecule has 0 saturated heterocycles. The van der Waals surface area contributed by atoms with Crippen LogP contribution >= 0.6 is 15.9 Å². The van der Waals surface area contributed by atoms with Gasteiger partial charge < -0.3 is 21.0 Å². The Balaban J connectivity index is 3.38. The van der Waals surface area contributed by atoms with Gasteiger partial charge in [0.25, 0.3) is 0 Å². The Hall–Kier alpha value is -1.07. The number of benzene rings is 1. The fraction of sp³-hybridized carbons (Fsp3) is 0.300. The lowest BCUT2D eigenvalue weighted by Gasteiger charge is -2.13. The maximum Gasteiger partial charge on any atom is 0.134 e. The van der Waals surface area contributed by atoms with Gasteiger partial charge in [-0.3, -0.25) is 0 Å². The molecule has 1 aromatic carbocycles. The summed E-state index contributed by atoms with van der Waals surface area (Å²) < 4.78 is 5.88. The van der Waals surface area contributed by atoms with E-state index in [1.54, 1.807) is 13.2 Å². The molecule has 0 aliphatic heterocycles. The van der Waals surface area contributed by atoms with E-state index in [-0.39, 0.29) is 6.61 Å². The molecule has 0 heterocycles. The predicted molar refractivity (Wildman–Crippen MR) is 63.8 cm³/mol. The Morgan fingerprint density at radius 1 is 1.67 bits per heavy atom. The molecule has 15 heavy (non-hydrogen) atoms. The van der Waals surface area contributed by atoms with E-state index < -0.39 is 0 Å². The van der Waals surface area contributed by atoms with Crippen LogP contribution in [0.3, 0.4) is 0 Å². The molecule has 0 aliphatic rings. The van der Waals surface area contributed by atoms with Crippen LogP contribution in [0.5, 0.6) is 5.75 Å². The molecular formula is C10H13BrN2O2. The van der Waals surface area contributed by atoms with Crippen molar-refractivity contribution in [2.75, 3.05) is 19.5 Å². The summed E-state index contributed by atoms with van der Waals surface area (Å²) in [4.78, 5) is 0. The molecule has 0 saturated carbocycles. The van der Waals surface area contributed by atoms with Gasteiger partial charge in [-0.05, 0) is 34.0 Å². The van der Waals surface area contributed by atoms with Gasteiger partial charge in [-0.2, -0.15) is 0 Å². The number of nitrogens with one attached hydrogen (secondary N) is 1. The van der Waals surface area contributed by atoms with Crippen molar-refractivity contribution in [2.24, 2.45) is 0 Å². The standard InChI is InChI=1S/C10H13BrN2O2/c1-15-8-4-6(5-12)10(13)7(2-3-14)9(8)11/h4-5,12,14H,2-3,13H2,1H3. The fourth-order valence-corrected chi connectivity index (χ4v) is 2.04. The number of ether oxygens (including phenoxy) is 1. The first-order chi connectivity index (χ1) is 7.15. The minimum absolute atomic E-state index is 0.00735. The molecule has 0 atom stereocenters. The number of hydrogen-bond donors (Lipinski definition) is 3. The van der Waals surface area contributed by atoms with Crippen LogP contribution in [0.1, 0.15) is 11.1 Å². The third-order valence-corrected chi connectivity index (χ3v) is 3.01. The smallest absolute Gasteiger partial charge is 0.134 e. The van der Waals surface area contributed by atoms with Gasteiger partial charge in [-0.1, -0.05) is 0 Å². The minimum atomic E-state index is 0.00735. The first-order valence-electron chi connectivity index (χ1n) is 4.41. The van der Waals surface area contributed by atoms with Crippen LogP contribution in [0.15, 0.2) is 10.5 Å². The summed E-state index contributed by atoms with van der Waals surface area (Å²) in [5.41, 5.74) is 7.73. The van der Waals surface area contributed by atoms with Gasteiger partial charge in [0.15, 0.2) is 0 Å². The van der Waals surface area contributed by atoms with Crippen LogP contribution < -0.4 is 10.5 Å². The summed E-state index contributed by atoms with van der Waals surface area (Å²) in [6, 6.07) is 1.69. The lowest BCUT2D eigenvalue weighted by molar-refractivity contribution is 0.299. The molecule has 0 radical (unpaired) electrons. The van der Waals surface area contributed by atoms with E-state index in [0.29, 0.717) is 23.4 Å². The number of nitrogens with two attached hydrogens (primary N) is 1. The minimum Gasteiger partial charge on any atom is -0.496 e. The first-order valence-corrected chi connectivity index (χ1v) is 5.21. The molecule has 0 spiro atoms. The summed E-state index contributed by atoms with van der Waals surface area (Å²) in [5, 5.41) is 16.1. The molecule has 0 aromatic heterocycles. The van der Waals surface area contributed by atoms with Gasteiger partial charge >= 0.3 is 0 Å². The molecular weight excluding hydrogens is 260 g/mol. The Morgan fingerprint density at radius 2 is 2.33 bits per heavy atom. The van der Waals surface area contributed by atoms with Crippen molar-refractivity contribution in [2.45, 2.75) is 6.42 Å². The number of halogens is 1. The second kappa shape index (κ2) is 5.14. The van der Waals surface area contributed by atoms with Crippen LogP contribution in [-0.4, -0.2) is 25.0 Å². The predicted octanol–water partition coefficient (Wildman–Crippen LogP) is 1.57. The highest BCUT2D eigenvalue weighted by molar-refractivity contribution is 9.10. The lowest BCUT2D eigenvalue weighted by Crippen LogP contribution is -2.04. The quantitative estimate of drug-likeness (QED) is 0.575. The van der Waals surface area contributed by atoms with Crippen molar-refractivity contribution >= 4 is 27.8 Å². The maximum absolute atomic E-state index is 8.92. The van der Waals surface area contributed by atoms with Crippen molar-refractivity contribution in [1.29, 1.82) is 5.41 Å². The molecule has 82 valence electrons. The third kappa shape index (κ3) is 2.30. The number of rotatable bonds is 4. The Kier molecular flexibility index (Phi) is 4.11. The van der Waals surface area contributed by atoms with Crippen molar-refractivity contribution in [3.63, 3.8) is 0 Å². The summed E-state index contributed by atoms with van der Waals surface area (Å²) in [7, 11) is 1.55.